The fourth-order valence-electron chi connectivity index (χ4n) is 4.34. The lowest BCUT2D eigenvalue weighted by Crippen LogP contribution is -2.53. The van der Waals surface area contributed by atoms with E-state index in [0.717, 1.165) is 5.56 Å². The molecule has 0 aliphatic rings. The molecular formula is C30H45N3O5S. The molecule has 39 heavy (non-hydrogen) atoms. The Balaban J connectivity index is 2.23. The Hall–Kier alpha value is -2.78. The number of hydrogen-bond donors (Lipinski definition) is 3. The number of hydrogen-bond acceptors (Lipinski definition) is 7. The van der Waals surface area contributed by atoms with Crippen LogP contribution >= 0.6 is 11.3 Å². The van der Waals surface area contributed by atoms with Gasteiger partial charge < -0.3 is 20.5 Å². The number of carbonyl (C=O) groups excluding carboxylic acids is 3. The van der Waals surface area contributed by atoms with Crippen molar-refractivity contribution < 1.29 is 24.2 Å². The number of esters is 1. The van der Waals surface area contributed by atoms with Gasteiger partial charge in [0.05, 0.1) is 18.4 Å². The van der Waals surface area contributed by atoms with E-state index in [4.69, 9.17) is 4.74 Å². The summed E-state index contributed by atoms with van der Waals surface area (Å²) in [6.07, 6.45) is 1.85. The summed E-state index contributed by atoms with van der Waals surface area (Å²) in [5.41, 5.74) is 0.240. The Bertz CT molecular complexity index is 1030. The molecule has 0 fully saturated rings. The lowest BCUT2D eigenvalue weighted by molar-refractivity contribution is -0.157. The maximum Gasteiger partial charge on any atom is 0.307 e. The first-order chi connectivity index (χ1) is 18.2. The van der Waals surface area contributed by atoms with Crippen molar-refractivity contribution in [3.05, 3.63) is 52.5 Å². The van der Waals surface area contributed by atoms with E-state index >= 15 is 0 Å². The maximum absolute atomic E-state index is 13.6. The highest BCUT2D eigenvalue weighted by molar-refractivity contribution is 7.09. The molecule has 0 aliphatic heterocycles. The molecule has 0 bridgehead atoms. The number of ether oxygens (including phenoxy) is 1. The second-order valence-corrected chi connectivity index (χ2v) is 12.9. The number of aliphatic hydroxyl groups is 1. The smallest absolute Gasteiger partial charge is 0.307 e. The Kier molecular flexibility index (Phi) is 12.6. The minimum atomic E-state index is -0.954. The molecule has 0 saturated heterocycles. The predicted octanol–water partition coefficient (Wildman–Crippen LogP) is 4.83. The van der Waals surface area contributed by atoms with Crippen LogP contribution in [0, 0.1) is 17.8 Å². The summed E-state index contributed by atoms with van der Waals surface area (Å²) < 4.78 is 5.49. The SMILES string of the molecule is CC(C)C[C@H](NC(=O)[C@@H](CC(=O)OC(C)(C)C)Cc1ccccc1)C(=O)N[C@H](CC(C)C)[C@H](O)c1nccs1. The molecule has 0 radical (unpaired) electrons. The summed E-state index contributed by atoms with van der Waals surface area (Å²) in [7, 11) is 0. The summed E-state index contributed by atoms with van der Waals surface area (Å²) in [6, 6.07) is 8.09. The monoisotopic (exact) mass is 559 g/mol. The molecule has 3 N–H and O–H groups in total. The zero-order valence-electron chi connectivity index (χ0n) is 24.3. The highest BCUT2D eigenvalue weighted by Crippen LogP contribution is 2.24. The molecule has 0 aliphatic carbocycles. The molecule has 1 aromatic carbocycles. The number of benzene rings is 1. The fourth-order valence-corrected chi connectivity index (χ4v) is 5.03. The molecule has 216 valence electrons. The van der Waals surface area contributed by atoms with Crippen molar-refractivity contribution >= 4 is 29.1 Å². The first-order valence-electron chi connectivity index (χ1n) is 13.7. The molecule has 2 aromatic rings. The highest BCUT2D eigenvalue weighted by Gasteiger charge is 2.32. The Morgan fingerprint density at radius 1 is 0.974 bits per heavy atom. The van der Waals surface area contributed by atoms with Gasteiger partial charge in [-0.25, -0.2) is 4.98 Å². The van der Waals surface area contributed by atoms with Crippen LogP contribution in [0.3, 0.4) is 0 Å². The third kappa shape index (κ3) is 11.9. The number of carbonyl (C=O) groups is 3. The van der Waals surface area contributed by atoms with Crippen molar-refractivity contribution in [3.63, 3.8) is 0 Å². The number of aliphatic hydroxyl groups excluding tert-OH is 1. The van der Waals surface area contributed by atoms with E-state index in [9.17, 15) is 19.5 Å². The van der Waals surface area contributed by atoms with Gasteiger partial charge in [0.15, 0.2) is 0 Å². The predicted molar refractivity (Wildman–Crippen MR) is 154 cm³/mol. The van der Waals surface area contributed by atoms with Gasteiger partial charge in [-0.1, -0.05) is 58.0 Å². The summed E-state index contributed by atoms with van der Waals surface area (Å²) in [6.45, 7) is 13.3. The minimum Gasteiger partial charge on any atom is -0.460 e. The average Bonchev–Trinajstić information content (AvgIpc) is 3.36. The normalized spacial score (nSPS) is 14.9. The molecule has 2 amide bonds. The highest BCUT2D eigenvalue weighted by atomic mass is 32.1. The van der Waals surface area contributed by atoms with E-state index in [1.165, 1.54) is 11.3 Å². The molecular weight excluding hydrogens is 514 g/mol. The fraction of sp³-hybridized carbons (Fsp3) is 0.600. The summed E-state index contributed by atoms with van der Waals surface area (Å²) in [4.78, 5) is 44.0. The second kappa shape index (κ2) is 15.1. The van der Waals surface area contributed by atoms with Gasteiger partial charge in [0.2, 0.25) is 11.8 Å². The van der Waals surface area contributed by atoms with Crippen LogP contribution in [-0.2, 0) is 25.5 Å². The molecule has 2 rings (SSSR count). The van der Waals surface area contributed by atoms with Crippen LogP contribution < -0.4 is 10.6 Å². The Labute approximate surface area is 237 Å². The number of aromatic nitrogens is 1. The third-order valence-electron chi connectivity index (χ3n) is 6.01. The zero-order valence-corrected chi connectivity index (χ0v) is 25.1. The van der Waals surface area contributed by atoms with Gasteiger partial charge in [0, 0.05) is 11.6 Å². The summed E-state index contributed by atoms with van der Waals surface area (Å²) in [5.74, 6) is -1.59. The van der Waals surface area contributed by atoms with Crippen LogP contribution in [-0.4, -0.2) is 45.6 Å². The Morgan fingerprint density at radius 3 is 2.15 bits per heavy atom. The number of nitrogens with one attached hydrogen (secondary N) is 2. The number of thiazole rings is 1. The van der Waals surface area contributed by atoms with E-state index < -0.39 is 35.7 Å². The van der Waals surface area contributed by atoms with Crippen LogP contribution in [0.4, 0.5) is 0 Å². The Morgan fingerprint density at radius 2 is 1.62 bits per heavy atom. The van der Waals surface area contributed by atoms with Gasteiger partial charge in [-0.15, -0.1) is 11.3 Å². The van der Waals surface area contributed by atoms with Crippen molar-refractivity contribution in [2.24, 2.45) is 17.8 Å². The van der Waals surface area contributed by atoms with Crippen LogP contribution in [0.2, 0.25) is 0 Å². The maximum atomic E-state index is 13.6. The van der Waals surface area contributed by atoms with E-state index in [1.54, 1.807) is 32.3 Å². The van der Waals surface area contributed by atoms with Crippen LogP contribution in [0.1, 0.15) is 84.4 Å². The molecule has 0 unspecified atom stereocenters. The van der Waals surface area contributed by atoms with Gasteiger partial charge in [-0.2, -0.15) is 0 Å². The molecule has 1 aromatic heterocycles. The van der Waals surface area contributed by atoms with Crippen molar-refractivity contribution in [2.75, 3.05) is 0 Å². The van der Waals surface area contributed by atoms with E-state index in [0.29, 0.717) is 24.3 Å². The second-order valence-electron chi connectivity index (χ2n) is 11.9. The quantitative estimate of drug-likeness (QED) is 0.286. The number of amides is 2. The van der Waals surface area contributed by atoms with Gasteiger partial charge in [0.1, 0.15) is 22.8 Å². The zero-order chi connectivity index (χ0) is 29.2. The van der Waals surface area contributed by atoms with E-state index in [1.807, 2.05) is 58.0 Å². The van der Waals surface area contributed by atoms with Gasteiger partial charge in [-0.3, -0.25) is 14.4 Å². The van der Waals surface area contributed by atoms with Crippen molar-refractivity contribution in [1.82, 2.24) is 15.6 Å². The minimum absolute atomic E-state index is 0.104. The summed E-state index contributed by atoms with van der Waals surface area (Å²) >= 11 is 1.33. The summed E-state index contributed by atoms with van der Waals surface area (Å²) in [5, 5.41) is 19.2. The van der Waals surface area contributed by atoms with E-state index in [2.05, 4.69) is 15.6 Å². The van der Waals surface area contributed by atoms with Gasteiger partial charge in [0.25, 0.3) is 0 Å². The lowest BCUT2D eigenvalue weighted by atomic mass is 9.93. The van der Waals surface area contributed by atoms with Crippen molar-refractivity contribution in [2.45, 2.75) is 97.9 Å². The van der Waals surface area contributed by atoms with Crippen LogP contribution in [0.25, 0.3) is 0 Å². The first-order valence-corrected chi connectivity index (χ1v) is 14.6. The molecule has 4 atom stereocenters. The van der Waals surface area contributed by atoms with E-state index in [-0.39, 0.29) is 30.1 Å². The van der Waals surface area contributed by atoms with Gasteiger partial charge >= 0.3 is 5.97 Å². The molecule has 0 spiro atoms. The lowest BCUT2D eigenvalue weighted by Gasteiger charge is -2.29. The largest absolute Gasteiger partial charge is 0.460 e. The standard InChI is InChI=1S/C30H45N3O5S/c1-19(2)15-23(26(35)29-31-13-14-39-29)32-28(37)24(16-20(3)4)33-27(36)22(17-21-11-9-8-10-12-21)18-25(34)38-30(5,6)7/h8-14,19-20,22-24,26,35H,15-18H2,1-7H3,(H,32,37)(H,33,36)/t22-,23-,24+,26+/m1/s1. The van der Waals surface area contributed by atoms with Crippen LogP contribution in [0.5, 0.6) is 0 Å². The molecule has 8 nitrogen and oxygen atoms in total. The number of rotatable bonds is 14. The van der Waals surface area contributed by atoms with Crippen molar-refractivity contribution in [1.29, 1.82) is 0 Å². The van der Waals surface area contributed by atoms with Crippen molar-refractivity contribution in [3.8, 4) is 0 Å². The van der Waals surface area contributed by atoms with Gasteiger partial charge in [-0.05, 0) is 57.4 Å². The molecule has 9 heteroatoms. The average molecular weight is 560 g/mol. The molecule has 1 heterocycles. The number of nitrogens with zero attached hydrogens (tertiary/aromatic N) is 1. The first kappa shape index (κ1) is 32.4. The van der Waals surface area contributed by atoms with Crippen LogP contribution in [0.15, 0.2) is 41.9 Å². The third-order valence-corrected chi connectivity index (χ3v) is 6.85. The molecule has 0 saturated carbocycles. The topological polar surface area (TPSA) is 118 Å².